The second-order valence-corrected chi connectivity index (χ2v) is 7.94. The van der Waals surface area contributed by atoms with Crippen molar-refractivity contribution < 1.29 is 9.59 Å². The molecule has 3 rings (SSSR count). The molecule has 1 aliphatic rings. The van der Waals surface area contributed by atoms with E-state index < -0.39 is 0 Å². The first-order valence-corrected chi connectivity index (χ1v) is 10.5. The molecule has 1 N–H and O–H groups in total. The van der Waals surface area contributed by atoms with Gasteiger partial charge in [0.05, 0.1) is 10.7 Å². The summed E-state index contributed by atoms with van der Waals surface area (Å²) >= 11 is 1.70. The Kier molecular flexibility index (Phi) is 6.98. The largest absolute Gasteiger partial charge is 0.356 e. The number of amides is 2. The van der Waals surface area contributed by atoms with E-state index >= 15 is 0 Å². The van der Waals surface area contributed by atoms with E-state index in [-0.39, 0.29) is 11.8 Å². The molecule has 1 aromatic heterocycles. The molecule has 0 radical (unpaired) electrons. The van der Waals surface area contributed by atoms with E-state index in [9.17, 15) is 9.59 Å². The van der Waals surface area contributed by atoms with Crippen molar-refractivity contribution in [1.29, 1.82) is 0 Å². The Hall–Kier alpha value is -2.21. The van der Waals surface area contributed by atoms with Crippen LogP contribution in [0.4, 0.5) is 0 Å². The Bertz CT molecular complexity index is 752. The van der Waals surface area contributed by atoms with Crippen molar-refractivity contribution in [1.82, 2.24) is 15.2 Å². The van der Waals surface area contributed by atoms with Gasteiger partial charge in [0.2, 0.25) is 11.8 Å². The average molecular weight is 386 g/mol. The number of aromatic nitrogens is 1. The highest BCUT2D eigenvalue weighted by Crippen LogP contribution is 2.30. The third-order valence-electron chi connectivity index (χ3n) is 4.99. The summed E-state index contributed by atoms with van der Waals surface area (Å²) in [6, 6.07) is 10.2. The number of nitrogens with zero attached hydrogens (tertiary/aromatic N) is 2. The molecule has 1 aliphatic heterocycles. The third-order valence-corrected chi connectivity index (χ3v) is 6.05. The summed E-state index contributed by atoms with van der Waals surface area (Å²) in [7, 11) is 0. The number of rotatable bonds is 7. The number of likely N-dealkylation sites (tertiary alicyclic amines) is 1. The number of carbonyl (C=O) groups is 2. The zero-order chi connectivity index (χ0) is 19.1. The maximum absolute atomic E-state index is 12.5. The molecule has 144 valence electrons. The second-order valence-electron chi connectivity index (χ2n) is 7.05. The molecule has 0 bridgehead atoms. The van der Waals surface area contributed by atoms with Crippen LogP contribution in [0.25, 0.3) is 0 Å². The molecule has 1 saturated heterocycles. The SMILES string of the molecule is CC(=O)NCCc1csc(C2CCN(C(=O)CCc3ccccc3)CC2)n1. The smallest absolute Gasteiger partial charge is 0.222 e. The van der Waals surface area contributed by atoms with Crippen LogP contribution >= 0.6 is 11.3 Å². The molecular formula is C21H27N3O2S. The number of thiazole rings is 1. The van der Waals surface area contributed by atoms with Crippen LogP contribution in [-0.2, 0) is 22.4 Å². The fourth-order valence-corrected chi connectivity index (χ4v) is 4.45. The molecule has 6 heteroatoms. The number of piperidine rings is 1. The van der Waals surface area contributed by atoms with Gasteiger partial charge in [0.25, 0.3) is 0 Å². The number of hydrogen-bond acceptors (Lipinski definition) is 4. The minimum absolute atomic E-state index is 0.00486. The summed E-state index contributed by atoms with van der Waals surface area (Å²) in [5, 5.41) is 6.07. The normalized spacial score (nSPS) is 14.9. The van der Waals surface area contributed by atoms with Crippen molar-refractivity contribution in [2.24, 2.45) is 0 Å². The van der Waals surface area contributed by atoms with Crippen LogP contribution in [0, 0.1) is 0 Å². The lowest BCUT2D eigenvalue weighted by Crippen LogP contribution is -2.38. The van der Waals surface area contributed by atoms with Crippen molar-refractivity contribution in [3.05, 3.63) is 52.0 Å². The van der Waals surface area contributed by atoms with Gasteiger partial charge in [-0.1, -0.05) is 30.3 Å². The van der Waals surface area contributed by atoms with Gasteiger partial charge < -0.3 is 10.2 Å². The quantitative estimate of drug-likeness (QED) is 0.796. The first kappa shape index (κ1) is 19.5. The Morgan fingerprint density at radius 2 is 1.93 bits per heavy atom. The van der Waals surface area contributed by atoms with Crippen LogP contribution in [0.2, 0.25) is 0 Å². The predicted octanol–water partition coefficient (Wildman–Crippen LogP) is 3.16. The highest BCUT2D eigenvalue weighted by atomic mass is 32.1. The summed E-state index contributed by atoms with van der Waals surface area (Å²) in [5.41, 5.74) is 2.26. The molecule has 1 fully saturated rings. The topological polar surface area (TPSA) is 62.3 Å². The lowest BCUT2D eigenvalue weighted by atomic mass is 9.97. The van der Waals surface area contributed by atoms with Gasteiger partial charge in [-0.15, -0.1) is 11.3 Å². The Balaban J connectivity index is 1.42. The minimum Gasteiger partial charge on any atom is -0.356 e. The molecule has 0 aliphatic carbocycles. The van der Waals surface area contributed by atoms with Gasteiger partial charge in [-0.05, 0) is 24.8 Å². The summed E-state index contributed by atoms with van der Waals surface area (Å²) < 4.78 is 0. The van der Waals surface area contributed by atoms with Crippen LogP contribution in [0.1, 0.15) is 48.4 Å². The van der Waals surface area contributed by atoms with E-state index in [0.29, 0.717) is 18.9 Å². The van der Waals surface area contributed by atoms with Crippen LogP contribution < -0.4 is 5.32 Å². The third kappa shape index (κ3) is 5.89. The van der Waals surface area contributed by atoms with Gasteiger partial charge >= 0.3 is 0 Å². The standard InChI is InChI=1S/C21H27N3O2S/c1-16(25)22-12-9-19-15-27-21(23-19)18-10-13-24(14-11-18)20(26)8-7-17-5-3-2-4-6-17/h2-6,15,18H,7-14H2,1H3,(H,22,25). The number of hydrogen-bond donors (Lipinski definition) is 1. The zero-order valence-electron chi connectivity index (χ0n) is 15.8. The monoisotopic (exact) mass is 385 g/mol. The Morgan fingerprint density at radius 1 is 1.19 bits per heavy atom. The first-order chi connectivity index (χ1) is 13.1. The van der Waals surface area contributed by atoms with Crippen molar-refractivity contribution in [2.75, 3.05) is 19.6 Å². The summed E-state index contributed by atoms with van der Waals surface area (Å²) in [4.78, 5) is 30.2. The fraction of sp³-hybridized carbons (Fsp3) is 0.476. The van der Waals surface area contributed by atoms with Gasteiger partial charge in [0.1, 0.15) is 0 Å². The second kappa shape index (κ2) is 9.65. The number of aryl methyl sites for hydroxylation is 1. The maximum atomic E-state index is 12.5. The molecule has 2 amide bonds. The van der Waals surface area contributed by atoms with Crippen molar-refractivity contribution in [3.8, 4) is 0 Å². The molecule has 0 spiro atoms. The molecule has 2 aromatic rings. The van der Waals surface area contributed by atoms with Crippen molar-refractivity contribution in [3.63, 3.8) is 0 Å². The zero-order valence-corrected chi connectivity index (χ0v) is 16.6. The van der Waals surface area contributed by atoms with Gasteiger partial charge in [-0.3, -0.25) is 9.59 Å². The molecule has 2 heterocycles. The van der Waals surface area contributed by atoms with E-state index in [1.807, 2.05) is 23.1 Å². The van der Waals surface area contributed by atoms with Crippen molar-refractivity contribution >= 4 is 23.2 Å². The van der Waals surface area contributed by atoms with Gasteiger partial charge in [-0.25, -0.2) is 4.98 Å². The highest BCUT2D eigenvalue weighted by molar-refractivity contribution is 7.09. The fourth-order valence-electron chi connectivity index (χ4n) is 3.42. The van der Waals surface area contributed by atoms with E-state index in [2.05, 4.69) is 22.8 Å². The Morgan fingerprint density at radius 3 is 2.63 bits per heavy atom. The summed E-state index contributed by atoms with van der Waals surface area (Å²) in [5.74, 6) is 0.699. The molecule has 5 nitrogen and oxygen atoms in total. The van der Waals surface area contributed by atoms with Crippen LogP contribution in [0.15, 0.2) is 35.7 Å². The van der Waals surface area contributed by atoms with Crippen LogP contribution in [-0.4, -0.2) is 41.3 Å². The average Bonchev–Trinajstić information content (AvgIpc) is 3.16. The molecule has 0 unspecified atom stereocenters. The molecule has 0 saturated carbocycles. The first-order valence-electron chi connectivity index (χ1n) is 9.62. The summed E-state index contributed by atoms with van der Waals surface area (Å²) in [6.07, 6.45) is 4.13. The lowest BCUT2D eigenvalue weighted by molar-refractivity contribution is -0.132. The highest BCUT2D eigenvalue weighted by Gasteiger charge is 2.25. The molecule has 27 heavy (non-hydrogen) atoms. The molecule has 0 atom stereocenters. The maximum Gasteiger partial charge on any atom is 0.222 e. The van der Waals surface area contributed by atoms with Crippen molar-refractivity contribution in [2.45, 2.75) is 44.9 Å². The molecular weight excluding hydrogens is 358 g/mol. The Labute approximate surface area is 164 Å². The predicted molar refractivity (Wildman–Crippen MR) is 108 cm³/mol. The van der Waals surface area contributed by atoms with Gasteiger partial charge in [0, 0.05) is 50.7 Å². The minimum atomic E-state index is -0.00486. The number of nitrogens with one attached hydrogen (secondary N) is 1. The van der Waals surface area contributed by atoms with Crippen LogP contribution in [0.5, 0.6) is 0 Å². The van der Waals surface area contributed by atoms with Gasteiger partial charge in [-0.2, -0.15) is 0 Å². The molecule has 1 aromatic carbocycles. The number of carbonyl (C=O) groups excluding carboxylic acids is 2. The van der Waals surface area contributed by atoms with E-state index in [1.54, 1.807) is 11.3 Å². The van der Waals surface area contributed by atoms with E-state index in [4.69, 9.17) is 4.98 Å². The van der Waals surface area contributed by atoms with Gasteiger partial charge in [0.15, 0.2) is 0 Å². The van der Waals surface area contributed by atoms with E-state index in [1.165, 1.54) is 17.5 Å². The lowest BCUT2D eigenvalue weighted by Gasteiger charge is -2.31. The van der Waals surface area contributed by atoms with Crippen LogP contribution in [0.3, 0.4) is 0 Å². The number of benzene rings is 1. The van der Waals surface area contributed by atoms with E-state index in [0.717, 1.165) is 44.5 Å². The summed E-state index contributed by atoms with van der Waals surface area (Å²) in [6.45, 7) is 3.80.